The molecular formula is C26H30N4O2. The van der Waals surface area contributed by atoms with Gasteiger partial charge in [0.2, 0.25) is 0 Å². The Balaban J connectivity index is 1.45. The van der Waals surface area contributed by atoms with Crippen LogP contribution in [0.4, 0.5) is 11.4 Å². The molecule has 32 heavy (non-hydrogen) atoms. The molecule has 0 bridgehead atoms. The van der Waals surface area contributed by atoms with Crippen molar-refractivity contribution in [3.63, 3.8) is 0 Å². The highest BCUT2D eigenvalue weighted by atomic mass is 16.6. The van der Waals surface area contributed by atoms with Gasteiger partial charge in [-0.15, -0.1) is 0 Å². The molecule has 0 saturated carbocycles. The van der Waals surface area contributed by atoms with Gasteiger partial charge in [-0.1, -0.05) is 66.7 Å². The summed E-state index contributed by atoms with van der Waals surface area (Å²) in [5.41, 5.74) is 4.33. The number of hydrogen-bond acceptors (Lipinski definition) is 5. The Morgan fingerprint density at radius 1 is 0.906 bits per heavy atom. The van der Waals surface area contributed by atoms with Crippen molar-refractivity contribution in [1.29, 1.82) is 0 Å². The number of rotatable bonds is 8. The number of nitro groups is 1. The van der Waals surface area contributed by atoms with Gasteiger partial charge >= 0.3 is 0 Å². The van der Waals surface area contributed by atoms with Gasteiger partial charge in [0, 0.05) is 45.3 Å². The minimum Gasteiger partial charge on any atom is -0.380 e. The third kappa shape index (κ3) is 5.15. The van der Waals surface area contributed by atoms with Crippen molar-refractivity contribution in [2.75, 3.05) is 38.0 Å². The van der Waals surface area contributed by atoms with E-state index in [0.717, 1.165) is 38.3 Å². The molecule has 3 aromatic rings. The second kappa shape index (κ2) is 10.4. The van der Waals surface area contributed by atoms with Crippen LogP contribution in [-0.2, 0) is 6.54 Å². The van der Waals surface area contributed by atoms with Crippen LogP contribution in [0.1, 0.15) is 29.7 Å². The number of nitrogens with zero attached hydrogens (tertiary/aromatic N) is 3. The smallest absolute Gasteiger partial charge is 0.292 e. The Morgan fingerprint density at radius 2 is 1.50 bits per heavy atom. The number of benzene rings is 3. The van der Waals surface area contributed by atoms with E-state index in [2.05, 4.69) is 75.8 Å². The molecule has 0 aliphatic carbocycles. The predicted octanol–water partition coefficient (Wildman–Crippen LogP) is 4.93. The summed E-state index contributed by atoms with van der Waals surface area (Å²) in [6.45, 7) is 7.08. The molecule has 0 atom stereocenters. The maximum Gasteiger partial charge on any atom is 0.292 e. The Bertz CT molecular complexity index is 979. The van der Waals surface area contributed by atoms with Crippen LogP contribution in [0.2, 0.25) is 0 Å². The summed E-state index contributed by atoms with van der Waals surface area (Å²) in [5.74, 6) is 0. The summed E-state index contributed by atoms with van der Waals surface area (Å²) < 4.78 is 0. The van der Waals surface area contributed by atoms with E-state index in [4.69, 9.17) is 0 Å². The summed E-state index contributed by atoms with van der Waals surface area (Å²) in [6.07, 6.45) is 0. The van der Waals surface area contributed by atoms with Crippen molar-refractivity contribution in [3.05, 3.63) is 106 Å². The van der Waals surface area contributed by atoms with Crippen molar-refractivity contribution < 1.29 is 4.92 Å². The van der Waals surface area contributed by atoms with Gasteiger partial charge < -0.3 is 5.32 Å². The van der Waals surface area contributed by atoms with E-state index >= 15 is 0 Å². The first-order valence-electron chi connectivity index (χ1n) is 11.2. The van der Waals surface area contributed by atoms with Gasteiger partial charge in [-0.3, -0.25) is 19.9 Å². The fourth-order valence-corrected chi connectivity index (χ4v) is 4.49. The Kier molecular flexibility index (Phi) is 7.14. The fraction of sp³-hybridized carbons (Fsp3) is 0.308. The molecular weight excluding hydrogens is 400 g/mol. The highest BCUT2D eigenvalue weighted by molar-refractivity contribution is 5.62. The summed E-state index contributed by atoms with van der Waals surface area (Å²) in [4.78, 5) is 16.1. The van der Waals surface area contributed by atoms with Gasteiger partial charge in [0.05, 0.1) is 11.0 Å². The number of hydrogen-bond donors (Lipinski definition) is 1. The molecule has 1 heterocycles. The molecule has 0 radical (unpaired) electrons. The van der Waals surface area contributed by atoms with Crippen LogP contribution in [0.25, 0.3) is 0 Å². The standard InChI is InChI=1S/C26H30N4O2/c1-2-27-24-14-13-21(19-25(24)30(31)32)20-28-15-17-29(18-16-28)26(22-9-5-3-6-10-22)23-11-7-4-8-12-23/h3-14,19,26-27H,2,15-18,20H2,1H3. The first-order valence-corrected chi connectivity index (χ1v) is 11.2. The molecule has 0 amide bonds. The van der Waals surface area contributed by atoms with Crippen molar-refractivity contribution in [2.24, 2.45) is 0 Å². The number of anilines is 1. The molecule has 4 rings (SSSR count). The first kappa shape index (κ1) is 22.0. The lowest BCUT2D eigenvalue weighted by atomic mass is 9.96. The van der Waals surface area contributed by atoms with Crippen molar-refractivity contribution in [3.8, 4) is 0 Å². The summed E-state index contributed by atoms with van der Waals surface area (Å²) in [6, 6.07) is 27.1. The van der Waals surface area contributed by atoms with Crippen LogP contribution in [0.3, 0.4) is 0 Å². The molecule has 166 valence electrons. The number of nitro benzene ring substituents is 1. The van der Waals surface area contributed by atoms with Gasteiger partial charge in [-0.05, 0) is 29.7 Å². The molecule has 0 aromatic heterocycles. The van der Waals surface area contributed by atoms with Crippen LogP contribution in [-0.4, -0.2) is 47.4 Å². The highest BCUT2D eigenvalue weighted by Gasteiger charge is 2.26. The zero-order valence-electron chi connectivity index (χ0n) is 18.5. The molecule has 1 saturated heterocycles. The van der Waals surface area contributed by atoms with Crippen LogP contribution in [0.15, 0.2) is 78.9 Å². The van der Waals surface area contributed by atoms with Crippen molar-refractivity contribution in [2.45, 2.75) is 19.5 Å². The van der Waals surface area contributed by atoms with E-state index in [1.807, 2.05) is 19.1 Å². The van der Waals surface area contributed by atoms with E-state index in [1.54, 1.807) is 6.07 Å². The van der Waals surface area contributed by atoms with Crippen LogP contribution in [0, 0.1) is 10.1 Å². The molecule has 0 spiro atoms. The Labute approximate surface area is 189 Å². The topological polar surface area (TPSA) is 61.6 Å². The third-order valence-corrected chi connectivity index (χ3v) is 6.03. The molecule has 1 aliphatic rings. The average molecular weight is 431 g/mol. The van der Waals surface area contributed by atoms with Gasteiger partial charge in [0.15, 0.2) is 0 Å². The lowest BCUT2D eigenvalue weighted by molar-refractivity contribution is -0.384. The summed E-state index contributed by atoms with van der Waals surface area (Å²) >= 11 is 0. The maximum absolute atomic E-state index is 11.5. The van der Waals surface area contributed by atoms with Crippen molar-refractivity contribution in [1.82, 2.24) is 9.80 Å². The molecule has 0 unspecified atom stereocenters. The second-order valence-corrected chi connectivity index (χ2v) is 8.17. The summed E-state index contributed by atoms with van der Waals surface area (Å²) in [5, 5.41) is 14.5. The molecule has 6 heteroatoms. The number of piperazine rings is 1. The van der Waals surface area contributed by atoms with Gasteiger partial charge in [0.25, 0.3) is 5.69 Å². The van der Waals surface area contributed by atoms with E-state index in [1.165, 1.54) is 11.1 Å². The zero-order chi connectivity index (χ0) is 22.3. The average Bonchev–Trinajstić information content (AvgIpc) is 2.83. The van der Waals surface area contributed by atoms with E-state index < -0.39 is 0 Å². The highest BCUT2D eigenvalue weighted by Crippen LogP contribution is 2.30. The van der Waals surface area contributed by atoms with Gasteiger partial charge in [-0.25, -0.2) is 0 Å². The van der Waals surface area contributed by atoms with E-state index in [0.29, 0.717) is 12.2 Å². The minimum absolute atomic E-state index is 0.149. The lowest BCUT2D eigenvalue weighted by Gasteiger charge is -2.39. The van der Waals surface area contributed by atoms with Crippen LogP contribution < -0.4 is 5.32 Å². The van der Waals surface area contributed by atoms with Crippen LogP contribution in [0.5, 0.6) is 0 Å². The second-order valence-electron chi connectivity index (χ2n) is 8.17. The molecule has 6 nitrogen and oxygen atoms in total. The lowest BCUT2D eigenvalue weighted by Crippen LogP contribution is -2.47. The summed E-state index contributed by atoms with van der Waals surface area (Å²) in [7, 11) is 0. The zero-order valence-corrected chi connectivity index (χ0v) is 18.5. The van der Waals surface area contributed by atoms with E-state index in [-0.39, 0.29) is 16.7 Å². The molecule has 1 aliphatic heterocycles. The van der Waals surface area contributed by atoms with E-state index in [9.17, 15) is 10.1 Å². The van der Waals surface area contributed by atoms with Gasteiger partial charge in [-0.2, -0.15) is 0 Å². The SMILES string of the molecule is CCNc1ccc(CN2CCN(C(c3ccccc3)c3ccccc3)CC2)cc1[N+](=O)[O-]. The van der Waals surface area contributed by atoms with Gasteiger partial charge in [0.1, 0.15) is 5.69 Å². The van der Waals surface area contributed by atoms with Crippen molar-refractivity contribution >= 4 is 11.4 Å². The monoisotopic (exact) mass is 430 g/mol. The molecule has 1 N–H and O–H groups in total. The third-order valence-electron chi connectivity index (χ3n) is 6.03. The maximum atomic E-state index is 11.5. The minimum atomic E-state index is -0.302. The quantitative estimate of drug-likeness (QED) is 0.405. The normalized spacial score (nSPS) is 15.1. The number of nitrogens with one attached hydrogen (secondary N) is 1. The van der Waals surface area contributed by atoms with Crippen LogP contribution >= 0.6 is 0 Å². The fourth-order valence-electron chi connectivity index (χ4n) is 4.49. The first-order chi connectivity index (χ1) is 15.7. The Morgan fingerprint density at radius 3 is 2.03 bits per heavy atom. The Hall–Kier alpha value is -3.22. The molecule has 3 aromatic carbocycles. The molecule has 1 fully saturated rings. The largest absolute Gasteiger partial charge is 0.380 e. The predicted molar refractivity (Wildman–Crippen MR) is 129 cm³/mol.